The number of aromatic amines is 1. The topological polar surface area (TPSA) is 176 Å². The Hall–Kier alpha value is -5.39. The van der Waals surface area contributed by atoms with E-state index >= 15 is 0 Å². The lowest BCUT2D eigenvalue weighted by Gasteiger charge is -2.16. The highest BCUT2D eigenvalue weighted by atomic mass is 16.5. The summed E-state index contributed by atoms with van der Waals surface area (Å²) in [6.45, 7) is 3.86. The number of carboxylic acids is 1. The number of H-pyrrole nitrogens is 1. The molecular formula is C29H29N5O7. The van der Waals surface area contributed by atoms with Crippen molar-refractivity contribution in [1.82, 2.24) is 20.6 Å². The molecule has 4 aromatic rings. The summed E-state index contributed by atoms with van der Waals surface area (Å²) < 4.78 is 11.2. The number of hydrogen-bond donors (Lipinski definition) is 5. The summed E-state index contributed by atoms with van der Waals surface area (Å²) in [4.78, 5) is 55.9. The smallest absolute Gasteiger partial charge is 0.303 e. The van der Waals surface area contributed by atoms with Crippen molar-refractivity contribution in [2.45, 2.75) is 32.7 Å². The number of ether oxygens (including phenoxy) is 1. The molecule has 0 saturated heterocycles. The molecule has 0 radical (unpaired) electrons. The summed E-state index contributed by atoms with van der Waals surface area (Å²) in [6, 6.07) is 12.5. The number of anilines is 1. The lowest BCUT2D eigenvalue weighted by atomic mass is 10.1. The molecule has 41 heavy (non-hydrogen) atoms. The van der Waals surface area contributed by atoms with E-state index in [1.807, 2.05) is 0 Å². The Morgan fingerprint density at radius 2 is 1.88 bits per heavy atom. The summed E-state index contributed by atoms with van der Waals surface area (Å²) in [5.74, 6) is -1.26. The van der Waals surface area contributed by atoms with Crippen LogP contribution in [0, 0.1) is 6.92 Å². The molecule has 0 unspecified atom stereocenters. The van der Waals surface area contributed by atoms with Gasteiger partial charge < -0.3 is 35.2 Å². The van der Waals surface area contributed by atoms with Crippen LogP contribution in [0.2, 0.25) is 0 Å². The van der Waals surface area contributed by atoms with Crippen molar-refractivity contribution in [2.24, 2.45) is 0 Å². The molecule has 3 aromatic heterocycles. The molecule has 0 aliphatic carbocycles. The highest BCUT2D eigenvalue weighted by Crippen LogP contribution is 2.27. The van der Waals surface area contributed by atoms with Gasteiger partial charge in [0.1, 0.15) is 17.5 Å². The third-order valence-corrected chi connectivity index (χ3v) is 5.97. The first-order valence-electron chi connectivity index (χ1n) is 12.8. The number of aryl methyl sites for hydroxylation is 1. The molecule has 0 bridgehead atoms. The van der Waals surface area contributed by atoms with E-state index in [-0.39, 0.29) is 30.1 Å². The second kappa shape index (κ2) is 13.1. The third-order valence-electron chi connectivity index (χ3n) is 5.97. The first kappa shape index (κ1) is 28.6. The largest absolute Gasteiger partial charge is 0.481 e. The summed E-state index contributed by atoms with van der Waals surface area (Å²) >= 11 is 0. The number of furan rings is 1. The number of pyridine rings is 1. The maximum Gasteiger partial charge on any atom is 0.303 e. The highest BCUT2D eigenvalue weighted by molar-refractivity contribution is 6.03. The van der Waals surface area contributed by atoms with E-state index in [4.69, 9.17) is 14.3 Å². The fourth-order valence-corrected chi connectivity index (χ4v) is 3.94. The number of aromatic nitrogens is 2. The molecule has 0 fully saturated rings. The van der Waals surface area contributed by atoms with E-state index in [9.17, 15) is 19.2 Å². The Morgan fingerprint density at radius 3 is 2.61 bits per heavy atom. The number of nitrogens with one attached hydrogen (secondary N) is 4. The maximum absolute atomic E-state index is 12.8. The number of rotatable bonds is 12. The summed E-state index contributed by atoms with van der Waals surface area (Å²) in [5.41, 5.74) is 2.50. The lowest BCUT2D eigenvalue weighted by molar-refractivity contribution is -0.137. The molecule has 5 N–H and O–H groups in total. The van der Waals surface area contributed by atoms with Crippen LogP contribution in [-0.2, 0) is 9.59 Å². The Balaban J connectivity index is 1.43. The average molecular weight is 560 g/mol. The number of likely N-dealkylation sites (N-methyl/N-ethyl adjacent to an activating group) is 1. The van der Waals surface area contributed by atoms with Crippen molar-refractivity contribution in [3.05, 3.63) is 84.1 Å². The van der Waals surface area contributed by atoms with Gasteiger partial charge in [0.05, 0.1) is 23.2 Å². The number of carboxylic acid groups (broad SMARTS) is 1. The van der Waals surface area contributed by atoms with E-state index in [0.29, 0.717) is 35.1 Å². The molecular weight excluding hydrogens is 530 g/mol. The summed E-state index contributed by atoms with van der Waals surface area (Å²) in [5, 5.41) is 17.0. The second-order valence-electron chi connectivity index (χ2n) is 9.05. The monoisotopic (exact) mass is 559 g/mol. The van der Waals surface area contributed by atoms with Gasteiger partial charge in [-0.05, 0) is 50.6 Å². The van der Waals surface area contributed by atoms with Crippen LogP contribution in [-0.4, -0.2) is 51.4 Å². The standard InChI is InChI=1S/C29H29N5O7/c1-3-30-28(38)22(7-8-25(35)36)34-27(37)18-13-23(32-16-18)24-15-21(9-11-31-24)41-20-6-4-5-19(14-20)33-29(39)26-17(2)10-12-40-26/h4-6,9-16,22,32H,3,7-8H2,1-2H3,(H,30,38)(H,33,39)(H,34,37)(H,35,36)/t22-/m0/s1. The number of carbonyl (C=O) groups is 4. The first-order chi connectivity index (χ1) is 19.7. The van der Waals surface area contributed by atoms with Crippen LogP contribution in [0.1, 0.15) is 46.2 Å². The van der Waals surface area contributed by atoms with Crippen LogP contribution >= 0.6 is 0 Å². The van der Waals surface area contributed by atoms with E-state index in [2.05, 4.69) is 25.9 Å². The summed E-state index contributed by atoms with van der Waals surface area (Å²) in [6.07, 6.45) is 4.16. The predicted octanol–water partition coefficient (Wildman–Crippen LogP) is 4.12. The van der Waals surface area contributed by atoms with Crippen molar-refractivity contribution in [2.75, 3.05) is 11.9 Å². The van der Waals surface area contributed by atoms with Crippen molar-refractivity contribution >= 4 is 29.4 Å². The zero-order valence-electron chi connectivity index (χ0n) is 22.4. The zero-order valence-corrected chi connectivity index (χ0v) is 22.4. The zero-order chi connectivity index (χ0) is 29.4. The molecule has 12 nitrogen and oxygen atoms in total. The molecule has 212 valence electrons. The molecule has 0 saturated carbocycles. The van der Waals surface area contributed by atoms with Gasteiger partial charge in [-0.25, -0.2) is 0 Å². The van der Waals surface area contributed by atoms with E-state index in [0.717, 1.165) is 5.56 Å². The maximum atomic E-state index is 12.8. The molecule has 1 atom stereocenters. The van der Waals surface area contributed by atoms with Crippen LogP contribution in [0.3, 0.4) is 0 Å². The van der Waals surface area contributed by atoms with Crippen LogP contribution in [0.4, 0.5) is 5.69 Å². The van der Waals surface area contributed by atoms with Crippen molar-refractivity contribution in [3.63, 3.8) is 0 Å². The second-order valence-corrected chi connectivity index (χ2v) is 9.05. The van der Waals surface area contributed by atoms with Gasteiger partial charge in [-0.15, -0.1) is 0 Å². The highest BCUT2D eigenvalue weighted by Gasteiger charge is 2.22. The minimum absolute atomic E-state index is 0.0432. The lowest BCUT2D eigenvalue weighted by Crippen LogP contribution is -2.46. The Kier molecular flexibility index (Phi) is 9.15. The van der Waals surface area contributed by atoms with E-state index in [1.54, 1.807) is 68.6 Å². The fraction of sp³-hybridized carbons (Fsp3) is 0.207. The molecule has 3 amide bonds. The molecule has 0 aliphatic heterocycles. The minimum Gasteiger partial charge on any atom is -0.481 e. The number of aliphatic carboxylic acids is 1. The first-order valence-corrected chi connectivity index (χ1v) is 12.8. The number of amides is 3. The fourth-order valence-electron chi connectivity index (χ4n) is 3.94. The quantitative estimate of drug-likeness (QED) is 0.172. The van der Waals surface area contributed by atoms with Crippen molar-refractivity contribution in [3.8, 4) is 22.9 Å². The van der Waals surface area contributed by atoms with Crippen LogP contribution in [0.25, 0.3) is 11.4 Å². The van der Waals surface area contributed by atoms with Gasteiger partial charge in [-0.1, -0.05) is 6.07 Å². The van der Waals surface area contributed by atoms with Gasteiger partial charge in [0, 0.05) is 48.7 Å². The van der Waals surface area contributed by atoms with Gasteiger partial charge >= 0.3 is 5.97 Å². The van der Waals surface area contributed by atoms with Crippen LogP contribution < -0.4 is 20.7 Å². The van der Waals surface area contributed by atoms with E-state index in [1.165, 1.54) is 12.5 Å². The van der Waals surface area contributed by atoms with Crippen molar-refractivity contribution < 1.29 is 33.4 Å². The van der Waals surface area contributed by atoms with Crippen LogP contribution in [0.5, 0.6) is 11.5 Å². The predicted molar refractivity (Wildman–Crippen MR) is 149 cm³/mol. The van der Waals surface area contributed by atoms with Gasteiger partial charge in [-0.3, -0.25) is 24.2 Å². The van der Waals surface area contributed by atoms with E-state index < -0.39 is 23.8 Å². The number of carbonyl (C=O) groups excluding carboxylic acids is 3. The SMILES string of the molecule is CCNC(=O)[C@H](CCC(=O)O)NC(=O)c1c[nH]c(-c2cc(Oc3cccc(NC(=O)c4occc4C)c3)ccn2)c1. The minimum atomic E-state index is -1.06. The van der Waals surface area contributed by atoms with Gasteiger partial charge in [0.25, 0.3) is 11.8 Å². The van der Waals surface area contributed by atoms with Crippen LogP contribution in [0.15, 0.2) is 71.6 Å². The normalized spacial score (nSPS) is 11.4. The molecule has 0 spiro atoms. The molecule has 12 heteroatoms. The number of hydrogen-bond acceptors (Lipinski definition) is 7. The van der Waals surface area contributed by atoms with Gasteiger partial charge in [0.15, 0.2) is 5.76 Å². The summed E-state index contributed by atoms with van der Waals surface area (Å²) in [7, 11) is 0. The Bertz CT molecular complexity index is 1560. The van der Waals surface area contributed by atoms with Crippen molar-refractivity contribution in [1.29, 1.82) is 0 Å². The molecule has 4 rings (SSSR count). The Morgan fingerprint density at radius 1 is 1.07 bits per heavy atom. The third kappa shape index (κ3) is 7.60. The van der Waals surface area contributed by atoms with Gasteiger partial charge in [-0.2, -0.15) is 0 Å². The molecule has 1 aromatic carbocycles. The molecule has 0 aliphatic rings. The Labute approximate surface area is 235 Å². The number of nitrogens with zero attached hydrogens (tertiary/aromatic N) is 1. The average Bonchev–Trinajstić information content (AvgIpc) is 3.61. The molecule has 3 heterocycles. The number of benzene rings is 1. The van der Waals surface area contributed by atoms with Gasteiger partial charge in [0.2, 0.25) is 5.91 Å².